The fraction of sp³-hybridized carbons (Fsp3) is 0.538. The van der Waals surface area contributed by atoms with Crippen molar-refractivity contribution in [3.8, 4) is 0 Å². The van der Waals surface area contributed by atoms with Crippen molar-refractivity contribution in [3.63, 3.8) is 0 Å². The zero-order valence-corrected chi connectivity index (χ0v) is 10.9. The molecule has 1 saturated heterocycles. The smallest absolute Gasteiger partial charge is 0.0367 e. The predicted molar refractivity (Wildman–Crippen MR) is 72.5 cm³/mol. The maximum atomic E-state index is 3.55. The van der Waals surface area contributed by atoms with Crippen LogP contribution in [0.3, 0.4) is 0 Å². The Labute approximate surface area is 102 Å². The van der Waals surface area contributed by atoms with Crippen molar-refractivity contribution < 1.29 is 0 Å². The van der Waals surface area contributed by atoms with E-state index in [1.165, 1.54) is 17.0 Å². The van der Waals surface area contributed by atoms with Gasteiger partial charge in [0.15, 0.2) is 0 Å². The maximum absolute atomic E-state index is 3.55. The van der Waals surface area contributed by atoms with Crippen molar-refractivity contribution in [2.45, 2.75) is 24.3 Å². The summed E-state index contributed by atoms with van der Waals surface area (Å²) in [5.41, 5.74) is 1.36. The fourth-order valence-corrected chi connectivity index (χ4v) is 2.53. The summed E-state index contributed by atoms with van der Waals surface area (Å²) < 4.78 is 0. The van der Waals surface area contributed by atoms with E-state index in [1.54, 1.807) is 11.8 Å². The summed E-state index contributed by atoms with van der Waals surface area (Å²) in [5.74, 6) is 0. The molecule has 0 radical (unpaired) electrons. The minimum Gasteiger partial charge on any atom is -0.369 e. The number of thioether (sulfide) groups is 1. The molecule has 1 aromatic carbocycles. The van der Waals surface area contributed by atoms with Gasteiger partial charge in [-0.25, -0.2) is 0 Å². The van der Waals surface area contributed by atoms with Gasteiger partial charge in [-0.15, -0.1) is 11.8 Å². The molecule has 0 aliphatic carbocycles. The van der Waals surface area contributed by atoms with Gasteiger partial charge in [-0.05, 0) is 36.9 Å². The molecule has 1 aliphatic heterocycles. The Bertz CT molecular complexity index is 323. The highest BCUT2D eigenvalue weighted by Gasteiger charge is 2.17. The van der Waals surface area contributed by atoms with Crippen LogP contribution < -0.4 is 10.2 Å². The SMILES string of the molecule is CCC1CN(c2ccc(SC)cc2)CCN1. The molecule has 3 heteroatoms. The van der Waals surface area contributed by atoms with Gasteiger partial charge in [0.25, 0.3) is 0 Å². The minimum absolute atomic E-state index is 0.647. The molecule has 1 unspecified atom stereocenters. The van der Waals surface area contributed by atoms with Crippen LogP contribution in [0.5, 0.6) is 0 Å². The van der Waals surface area contributed by atoms with Gasteiger partial charge in [-0.3, -0.25) is 0 Å². The Morgan fingerprint density at radius 2 is 2.12 bits per heavy atom. The number of rotatable bonds is 3. The number of hydrogen-bond acceptors (Lipinski definition) is 3. The molecular weight excluding hydrogens is 216 g/mol. The third-order valence-corrected chi connectivity index (χ3v) is 3.93. The van der Waals surface area contributed by atoms with Gasteiger partial charge in [0.05, 0.1) is 0 Å². The van der Waals surface area contributed by atoms with Crippen molar-refractivity contribution in [2.24, 2.45) is 0 Å². The standard InChI is InChI=1S/C13H20N2S/c1-3-11-10-15(9-8-14-11)12-4-6-13(16-2)7-5-12/h4-7,11,14H,3,8-10H2,1-2H3. The predicted octanol–water partition coefficient (Wildman–Crippen LogP) is 2.60. The van der Waals surface area contributed by atoms with E-state index in [0.717, 1.165) is 19.6 Å². The van der Waals surface area contributed by atoms with Gasteiger partial charge >= 0.3 is 0 Å². The van der Waals surface area contributed by atoms with Crippen LogP contribution in [0.25, 0.3) is 0 Å². The van der Waals surface area contributed by atoms with Crippen molar-refractivity contribution >= 4 is 17.4 Å². The Kier molecular flexibility index (Phi) is 4.13. The lowest BCUT2D eigenvalue weighted by Gasteiger charge is -2.35. The number of piperazine rings is 1. The van der Waals surface area contributed by atoms with Crippen LogP contribution in [-0.2, 0) is 0 Å². The first-order chi connectivity index (χ1) is 7.83. The van der Waals surface area contributed by atoms with Gasteiger partial charge in [-0.1, -0.05) is 6.92 Å². The number of benzene rings is 1. The molecule has 1 aromatic rings. The molecule has 1 aliphatic rings. The molecule has 1 atom stereocenters. The van der Waals surface area contributed by atoms with Crippen LogP contribution in [0.2, 0.25) is 0 Å². The van der Waals surface area contributed by atoms with Crippen LogP contribution in [-0.4, -0.2) is 31.9 Å². The molecule has 0 aromatic heterocycles. The second kappa shape index (κ2) is 5.60. The van der Waals surface area contributed by atoms with Gasteiger partial charge in [0, 0.05) is 36.3 Å². The monoisotopic (exact) mass is 236 g/mol. The number of nitrogens with one attached hydrogen (secondary N) is 1. The molecule has 0 spiro atoms. The Morgan fingerprint density at radius 3 is 2.75 bits per heavy atom. The Balaban J connectivity index is 2.05. The highest BCUT2D eigenvalue weighted by Crippen LogP contribution is 2.21. The average molecular weight is 236 g/mol. The lowest BCUT2D eigenvalue weighted by molar-refractivity contribution is 0.447. The Hall–Kier alpha value is -0.670. The molecule has 1 N–H and O–H groups in total. The van der Waals surface area contributed by atoms with E-state index >= 15 is 0 Å². The summed E-state index contributed by atoms with van der Waals surface area (Å²) in [7, 11) is 0. The lowest BCUT2D eigenvalue weighted by atomic mass is 10.1. The van der Waals surface area contributed by atoms with E-state index < -0.39 is 0 Å². The van der Waals surface area contributed by atoms with Gasteiger partial charge in [0.1, 0.15) is 0 Å². The zero-order valence-electron chi connectivity index (χ0n) is 10.1. The third kappa shape index (κ3) is 2.71. The topological polar surface area (TPSA) is 15.3 Å². The molecule has 88 valence electrons. The van der Waals surface area contributed by atoms with E-state index in [-0.39, 0.29) is 0 Å². The van der Waals surface area contributed by atoms with Crippen molar-refractivity contribution in [2.75, 3.05) is 30.8 Å². The van der Waals surface area contributed by atoms with E-state index in [0.29, 0.717) is 6.04 Å². The largest absolute Gasteiger partial charge is 0.369 e. The third-order valence-electron chi connectivity index (χ3n) is 3.19. The summed E-state index contributed by atoms with van der Waals surface area (Å²) in [6, 6.07) is 9.55. The summed E-state index contributed by atoms with van der Waals surface area (Å²) in [4.78, 5) is 3.82. The zero-order chi connectivity index (χ0) is 11.4. The first-order valence-electron chi connectivity index (χ1n) is 5.96. The normalized spacial score (nSPS) is 21.1. The average Bonchev–Trinajstić information content (AvgIpc) is 2.39. The summed E-state index contributed by atoms with van der Waals surface area (Å²) in [6.07, 6.45) is 3.33. The van der Waals surface area contributed by atoms with Crippen molar-refractivity contribution in [1.82, 2.24) is 5.32 Å². The van der Waals surface area contributed by atoms with Gasteiger partial charge in [0.2, 0.25) is 0 Å². The highest BCUT2D eigenvalue weighted by atomic mass is 32.2. The van der Waals surface area contributed by atoms with E-state index in [1.807, 2.05) is 0 Å². The van der Waals surface area contributed by atoms with Crippen LogP contribution in [0.15, 0.2) is 29.2 Å². The Morgan fingerprint density at radius 1 is 1.38 bits per heavy atom. The van der Waals surface area contributed by atoms with Crippen LogP contribution >= 0.6 is 11.8 Å². The van der Waals surface area contributed by atoms with Crippen LogP contribution in [0, 0.1) is 0 Å². The maximum Gasteiger partial charge on any atom is 0.0367 e. The molecule has 16 heavy (non-hydrogen) atoms. The molecular formula is C13H20N2S. The minimum atomic E-state index is 0.647. The molecule has 1 fully saturated rings. The van der Waals surface area contributed by atoms with Gasteiger partial charge < -0.3 is 10.2 Å². The number of nitrogens with zero attached hydrogens (tertiary/aromatic N) is 1. The number of hydrogen-bond donors (Lipinski definition) is 1. The van der Waals surface area contributed by atoms with Crippen LogP contribution in [0.4, 0.5) is 5.69 Å². The fourth-order valence-electron chi connectivity index (χ4n) is 2.13. The van der Waals surface area contributed by atoms with Crippen molar-refractivity contribution in [1.29, 1.82) is 0 Å². The molecule has 1 heterocycles. The molecule has 0 bridgehead atoms. The molecule has 0 saturated carbocycles. The first kappa shape index (κ1) is 11.8. The summed E-state index contributed by atoms with van der Waals surface area (Å²) in [6.45, 7) is 5.60. The molecule has 2 nitrogen and oxygen atoms in total. The van der Waals surface area contributed by atoms with E-state index in [2.05, 4.69) is 47.7 Å². The van der Waals surface area contributed by atoms with Crippen LogP contribution in [0.1, 0.15) is 13.3 Å². The molecule has 2 rings (SSSR count). The summed E-state index contributed by atoms with van der Waals surface area (Å²) in [5, 5.41) is 3.55. The first-order valence-corrected chi connectivity index (χ1v) is 7.18. The molecule has 0 amide bonds. The van der Waals surface area contributed by atoms with Gasteiger partial charge in [-0.2, -0.15) is 0 Å². The second-order valence-corrected chi connectivity index (χ2v) is 5.08. The lowest BCUT2D eigenvalue weighted by Crippen LogP contribution is -2.50. The van der Waals surface area contributed by atoms with E-state index in [9.17, 15) is 0 Å². The van der Waals surface area contributed by atoms with Crippen molar-refractivity contribution in [3.05, 3.63) is 24.3 Å². The summed E-state index contributed by atoms with van der Waals surface area (Å²) >= 11 is 1.80. The quantitative estimate of drug-likeness (QED) is 0.812. The number of anilines is 1. The highest BCUT2D eigenvalue weighted by molar-refractivity contribution is 7.98. The van der Waals surface area contributed by atoms with E-state index in [4.69, 9.17) is 0 Å². The second-order valence-electron chi connectivity index (χ2n) is 4.20.